The van der Waals surface area contributed by atoms with Crippen LogP contribution in [0.1, 0.15) is 59.2 Å². The molecule has 0 unspecified atom stereocenters. The molecule has 0 atom stereocenters. The van der Waals surface area contributed by atoms with Crippen LogP contribution in [-0.2, 0) is 6.42 Å². The number of halogens is 1. The minimum Gasteiger partial charge on any atom is -0.266 e. The van der Waals surface area contributed by atoms with Crippen molar-refractivity contribution >= 4 is 38.9 Å². The Hall–Kier alpha value is -1.65. The molecule has 25 heavy (non-hydrogen) atoms. The zero-order valence-corrected chi connectivity index (χ0v) is 16.5. The van der Waals surface area contributed by atoms with E-state index in [0.717, 1.165) is 34.3 Å². The maximum absolute atomic E-state index is 13.0. The average Bonchev–Trinajstić information content (AvgIpc) is 3.09. The molecular formula is C20H23ClN2OS. The van der Waals surface area contributed by atoms with Crippen molar-refractivity contribution in [2.24, 2.45) is 0 Å². The average molecular weight is 375 g/mol. The highest BCUT2D eigenvalue weighted by molar-refractivity contribution is 7.21. The fourth-order valence-electron chi connectivity index (χ4n) is 3.21. The minimum atomic E-state index is -0.133. The smallest absolute Gasteiger partial charge is 0.266 e. The van der Waals surface area contributed by atoms with Crippen molar-refractivity contribution in [2.75, 3.05) is 0 Å². The van der Waals surface area contributed by atoms with Crippen LogP contribution in [0.3, 0.4) is 0 Å². The molecule has 2 heterocycles. The number of thiophene rings is 1. The van der Waals surface area contributed by atoms with Gasteiger partial charge >= 0.3 is 0 Å². The van der Waals surface area contributed by atoms with Crippen LogP contribution in [-0.4, -0.2) is 15.7 Å². The molecule has 132 valence electrons. The molecule has 3 aromatic rings. The van der Waals surface area contributed by atoms with E-state index in [2.05, 4.69) is 12.0 Å². The molecule has 0 aliphatic rings. The summed E-state index contributed by atoms with van der Waals surface area (Å²) in [6.07, 6.45) is 5.81. The number of benzene rings is 1. The number of hydrogen-bond acceptors (Lipinski definition) is 3. The summed E-state index contributed by atoms with van der Waals surface area (Å²) in [7, 11) is 0. The van der Waals surface area contributed by atoms with E-state index in [-0.39, 0.29) is 5.91 Å². The lowest BCUT2D eigenvalue weighted by Gasteiger charge is -2.04. The molecule has 5 heteroatoms. The summed E-state index contributed by atoms with van der Waals surface area (Å²) < 4.78 is 2.55. The van der Waals surface area contributed by atoms with Crippen molar-refractivity contribution in [3.05, 3.63) is 51.1 Å². The lowest BCUT2D eigenvalue weighted by atomic mass is 10.0. The molecule has 0 aliphatic carbocycles. The second-order valence-electron chi connectivity index (χ2n) is 6.42. The SMILES string of the molecule is CCCCCCc1c(C)nn(C(=O)c2sc3ccccc3c2Cl)c1C. The van der Waals surface area contributed by atoms with Crippen molar-refractivity contribution < 1.29 is 4.79 Å². The van der Waals surface area contributed by atoms with Gasteiger partial charge in [0.1, 0.15) is 4.88 Å². The van der Waals surface area contributed by atoms with Gasteiger partial charge in [-0.2, -0.15) is 9.78 Å². The topological polar surface area (TPSA) is 34.9 Å². The number of rotatable bonds is 6. The molecule has 2 aromatic heterocycles. The standard InChI is InChI=1S/C20H23ClN2OS/c1-4-5-6-7-10-15-13(2)22-23(14(15)3)20(24)19-18(21)16-11-8-9-12-17(16)25-19/h8-9,11-12H,4-7,10H2,1-3H3. The normalized spacial score (nSPS) is 11.4. The fourth-order valence-corrected chi connectivity index (χ4v) is 4.65. The van der Waals surface area contributed by atoms with E-state index in [1.54, 1.807) is 0 Å². The third kappa shape index (κ3) is 3.51. The number of carbonyl (C=O) groups excluding carboxylic acids is 1. The number of fused-ring (bicyclic) bond motifs is 1. The molecule has 3 nitrogen and oxygen atoms in total. The molecule has 0 saturated carbocycles. The van der Waals surface area contributed by atoms with E-state index in [4.69, 9.17) is 11.6 Å². The molecule has 0 aliphatic heterocycles. The number of nitrogens with zero attached hydrogens (tertiary/aromatic N) is 2. The number of carbonyl (C=O) groups is 1. The quantitative estimate of drug-likeness (QED) is 0.483. The first kappa shape index (κ1) is 18.2. The molecular weight excluding hydrogens is 352 g/mol. The van der Waals surface area contributed by atoms with Crippen molar-refractivity contribution in [3.63, 3.8) is 0 Å². The Kier molecular flexibility index (Phi) is 5.60. The van der Waals surface area contributed by atoms with Crippen molar-refractivity contribution in [3.8, 4) is 0 Å². The molecule has 0 amide bonds. The summed E-state index contributed by atoms with van der Waals surface area (Å²) in [6.45, 7) is 6.18. The molecule has 1 aromatic carbocycles. The Balaban J connectivity index is 1.90. The second-order valence-corrected chi connectivity index (χ2v) is 7.85. The highest BCUT2D eigenvalue weighted by Gasteiger charge is 2.22. The minimum absolute atomic E-state index is 0.133. The summed E-state index contributed by atoms with van der Waals surface area (Å²) in [5.74, 6) is -0.133. The second kappa shape index (κ2) is 7.71. The molecule has 0 radical (unpaired) electrons. The third-order valence-electron chi connectivity index (χ3n) is 4.64. The predicted molar refractivity (Wildman–Crippen MR) is 106 cm³/mol. The largest absolute Gasteiger partial charge is 0.290 e. The predicted octanol–water partition coefficient (Wildman–Crippen LogP) is 6.18. The van der Waals surface area contributed by atoms with Crippen LogP contribution < -0.4 is 0 Å². The summed E-state index contributed by atoms with van der Waals surface area (Å²) in [5.41, 5.74) is 3.08. The zero-order valence-electron chi connectivity index (χ0n) is 14.9. The van der Waals surface area contributed by atoms with E-state index in [1.165, 1.54) is 40.8 Å². The first-order valence-corrected chi connectivity index (χ1v) is 10.0. The summed E-state index contributed by atoms with van der Waals surface area (Å²) in [6, 6.07) is 7.84. The van der Waals surface area contributed by atoms with Gasteiger partial charge in [-0.05, 0) is 38.3 Å². The highest BCUT2D eigenvalue weighted by atomic mass is 35.5. The summed E-state index contributed by atoms with van der Waals surface area (Å²) >= 11 is 7.90. The van der Waals surface area contributed by atoms with Gasteiger partial charge in [0.25, 0.3) is 5.91 Å². The Morgan fingerprint density at radius 2 is 1.96 bits per heavy atom. The van der Waals surface area contributed by atoms with Crippen LogP contribution in [0, 0.1) is 13.8 Å². The number of aryl methyl sites for hydroxylation is 1. The van der Waals surface area contributed by atoms with Gasteiger partial charge in [-0.1, -0.05) is 56.0 Å². The van der Waals surface area contributed by atoms with Crippen LogP contribution in [0.15, 0.2) is 24.3 Å². The van der Waals surface area contributed by atoms with Crippen molar-refractivity contribution in [1.82, 2.24) is 9.78 Å². The number of hydrogen-bond donors (Lipinski definition) is 0. The van der Waals surface area contributed by atoms with Crippen LogP contribution >= 0.6 is 22.9 Å². The molecule has 0 N–H and O–H groups in total. The summed E-state index contributed by atoms with van der Waals surface area (Å²) in [5, 5.41) is 5.97. The Morgan fingerprint density at radius 1 is 1.20 bits per heavy atom. The third-order valence-corrected chi connectivity index (χ3v) is 6.31. The van der Waals surface area contributed by atoms with E-state index in [0.29, 0.717) is 9.90 Å². The van der Waals surface area contributed by atoms with Gasteiger partial charge in [-0.25, -0.2) is 0 Å². The Bertz CT molecular complexity index is 910. The van der Waals surface area contributed by atoms with Crippen molar-refractivity contribution in [1.29, 1.82) is 0 Å². The number of unbranched alkanes of at least 4 members (excludes halogenated alkanes) is 3. The molecule has 0 bridgehead atoms. The van der Waals surface area contributed by atoms with Crippen molar-refractivity contribution in [2.45, 2.75) is 52.9 Å². The van der Waals surface area contributed by atoms with Crippen LogP contribution in [0.2, 0.25) is 5.02 Å². The van der Waals surface area contributed by atoms with Crippen LogP contribution in [0.4, 0.5) is 0 Å². The highest BCUT2D eigenvalue weighted by Crippen LogP contribution is 2.36. The van der Waals surface area contributed by atoms with Gasteiger partial charge in [0, 0.05) is 15.8 Å². The van der Waals surface area contributed by atoms with Gasteiger partial charge in [0.2, 0.25) is 0 Å². The van der Waals surface area contributed by atoms with Gasteiger partial charge in [-0.15, -0.1) is 11.3 Å². The lowest BCUT2D eigenvalue weighted by molar-refractivity contribution is 0.0946. The molecule has 3 rings (SSSR count). The molecule has 0 fully saturated rings. The van der Waals surface area contributed by atoms with Crippen LogP contribution in [0.25, 0.3) is 10.1 Å². The van der Waals surface area contributed by atoms with E-state index in [9.17, 15) is 4.79 Å². The summed E-state index contributed by atoms with van der Waals surface area (Å²) in [4.78, 5) is 13.6. The maximum atomic E-state index is 13.0. The molecule has 0 spiro atoms. The first-order valence-electron chi connectivity index (χ1n) is 8.81. The van der Waals surface area contributed by atoms with E-state index < -0.39 is 0 Å². The number of aromatic nitrogens is 2. The Morgan fingerprint density at radius 3 is 2.68 bits per heavy atom. The lowest BCUT2D eigenvalue weighted by Crippen LogP contribution is -2.14. The maximum Gasteiger partial charge on any atom is 0.290 e. The van der Waals surface area contributed by atoms with Gasteiger partial charge in [0.15, 0.2) is 0 Å². The van der Waals surface area contributed by atoms with E-state index in [1.807, 2.05) is 38.1 Å². The van der Waals surface area contributed by atoms with Gasteiger partial charge in [-0.3, -0.25) is 4.79 Å². The van der Waals surface area contributed by atoms with E-state index >= 15 is 0 Å². The van der Waals surface area contributed by atoms with Crippen LogP contribution in [0.5, 0.6) is 0 Å². The monoisotopic (exact) mass is 374 g/mol. The fraction of sp³-hybridized carbons (Fsp3) is 0.400. The van der Waals surface area contributed by atoms with Gasteiger partial charge < -0.3 is 0 Å². The van der Waals surface area contributed by atoms with Gasteiger partial charge in [0.05, 0.1) is 10.7 Å². The first-order chi connectivity index (χ1) is 12.0. The Labute approximate surface area is 157 Å². The zero-order chi connectivity index (χ0) is 18.0. The molecule has 0 saturated heterocycles.